The topological polar surface area (TPSA) is 37.4 Å². The van der Waals surface area contributed by atoms with Crippen molar-refractivity contribution in [3.05, 3.63) is 35.4 Å². The minimum absolute atomic E-state index is 0.128. The number of carbonyl (C=O) groups excluding carboxylic acids is 2. The zero-order valence-corrected chi connectivity index (χ0v) is 10.9. The molecule has 92 valence electrons. The molecular formula is C14H19NO2. The number of amides is 1. The summed E-state index contributed by atoms with van der Waals surface area (Å²) in [5.74, 6) is -0.495. The Bertz CT molecular complexity index is 401. The summed E-state index contributed by atoms with van der Waals surface area (Å²) in [6.45, 7) is 6.93. The molecule has 0 saturated carbocycles. The molecule has 0 saturated heterocycles. The minimum Gasteiger partial charge on any atom is -0.335 e. The monoisotopic (exact) mass is 233 g/mol. The lowest BCUT2D eigenvalue weighted by Crippen LogP contribution is -2.26. The number of likely N-dealkylation sites (N-methyl/N-ethyl adjacent to an activating group) is 1. The van der Waals surface area contributed by atoms with Gasteiger partial charge in [0.1, 0.15) is 0 Å². The Kier molecular flexibility index (Phi) is 4.05. The predicted molar refractivity (Wildman–Crippen MR) is 67.7 cm³/mol. The Hall–Kier alpha value is -1.64. The molecule has 0 aliphatic carbocycles. The van der Waals surface area contributed by atoms with E-state index in [9.17, 15) is 9.59 Å². The largest absolute Gasteiger partial charge is 0.335 e. The molecule has 17 heavy (non-hydrogen) atoms. The van der Waals surface area contributed by atoms with Crippen LogP contribution in [0.3, 0.4) is 0 Å². The molecule has 3 heteroatoms. The maximum atomic E-state index is 11.1. The van der Waals surface area contributed by atoms with Gasteiger partial charge in [0, 0.05) is 13.6 Å². The van der Waals surface area contributed by atoms with Gasteiger partial charge in [-0.2, -0.15) is 0 Å². The first-order valence-electron chi connectivity index (χ1n) is 5.64. The summed E-state index contributed by atoms with van der Waals surface area (Å²) in [5.41, 5.74) is 2.41. The molecule has 0 spiro atoms. The van der Waals surface area contributed by atoms with Gasteiger partial charge in [-0.25, -0.2) is 0 Å². The Morgan fingerprint density at radius 2 is 1.76 bits per heavy atom. The molecule has 1 aromatic carbocycles. The molecule has 0 radical (unpaired) electrons. The molecule has 0 atom stereocenters. The zero-order chi connectivity index (χ0) is 13.1. The lowest BCUT2D eigenvalue weighted by molar-refractivity contribution is -0.138. The number of hydrogen-bond acceptors (Lipinski definition) is 2. The van der Waals surface area contributed by atoms with Gasteiger partial charge < -0.3 is 4.90 Å². The third kappa shape index (κ3) is 3.70. The number of aldehydes is 1. The third-order valence-corrected chi connectivity index (χ3v) is 2.72. The van der Waals surface area contributed by atoms with Crippen LogP contribution < -0.4 is 0 Å². The van der Waals surface area contributed by atoms with E-state index in [0.717, 1.165) is 5.56 Å². The van der Waals surface area contributed by atoms with Crippen molar-refractivity contribution in [1.82, 2.24) is 4.90 Å². The molecule has 1 amide bonds. The van der Waals surface area contributed by atoms with Crippen molar-refractivity contribution in [2.75, 3.05) is 7.05 Å². The standard InChI is InChI=1S/C14H19NO2/c1-14(2,3)12-7-5-11(6-8-12)9-15(4)13(17)10-16/h5-8,10H,9H2,1-4H3. The number of benzene rings is 1. The third-order valence-electron chi connectivity index (χ3n) is 2.72. The van der Waals surface area contributed by atoms with Crippen LogP contribution in [0.25, 0.3) is 0 Å². The van der Waals surface area contributed by atoms with Crippen LogP contribution in [0.4, 0.5) is 0 Å². The van der Waals surface area contributed by atoms with Gasteiger partial charge in [-0.3, -0.25) is 9.59 Å². The Balaban J connectivity index is 2.75. The molecule has 0 aromatic heterocycles. The van der Waals surface area contributed by atoms with Crippen molar-refractivity contribution < 1.29 is 9.59 Å². The minimum atomic E-state index is -0.495. The molecule has 0 aliphatic rings. The fraction of sp³-hybridized carbons (Fsp3) is 0.429. The smallest absolute Gasteiger partial charge is 0.286 e. The molecular weight excluding hydrogens is 214 g/mol. The first-order chi connectivity index (χ1) is 7.84. The van der Waals surface area contributed by atoms with E-state index in [0.29, 0.717) is 12.8 Å². The summed E-state index contributed by atoms with van der Waals surface area (Å²) >= 11 is 0. The fourth-order valence-corrected chi connectivity index (χ4v) is 1.55. The van der Waals surface area contributed by atoms with Crippen LogP contribution in [0.5, 0.6) is 0 Å². The van der Waals surface area contributed by atoms with Crippen molar-refractivity contribution in [3.63, 3.8) is 0 Å². The summed E-state index contributed by atoms with van der Waals surface area (Å²) in [6, 6.07) is 8.12. The molecule has 0 aliphatic heterocycles. The predicted octanol–water partition coefficient (Wildman–Crippen LogP) is 2.14. The summed E-state index contributed by atoms with van der Waals surface area (Å²) in [6.07, 6.45) is 0.337. The zero-order valence-electron chi connectivity index (χ0n) is 10.9. The molecule has 1 aromatic rings. The van der Waals surface area contributed by atoms with Gasteiger partial charge >= 0.3 is 0 Å². The van der Waals surface area contributed by atoms with Crippen LogP contribution in [0.1, 0.15) is 31.9 Å². The molecule has 0 fully saturated rings. The summed E-state index contributed by atoms with van der Waals surface area (Å²) < 4.78 is 0. The van der Waals surface area contributed by atoms with E-state index in [-0.39, 0.29) is 5.41 Å². The summed E-state index contributed by atoms with van der Waals surface area (Å²) in [7, 11) is 1.62. The molecule has 3 nitrogen and oxygen atoms in total. The van der Waals surface area contributed by atoms with Crippen LogP contribution >= 0.6 is 0 Å². The van der Waals surface area contributed by atoms with E-state index in [1.807, 2.05) is 12.1 Å². The number of hydrogen-bond donors (Lipinski definition) is 0. The first-order valence-corrected chi connectivity index (χ1v) is 5.64. The van der Waals surface area contributed by atoms with Gasteiger partial charge in [-0.1, -0.05) is 45.0 Å². The highest BCUT2D eigenvalue weighted by Gasteiger charge is 2.13. The Labute approximate surface area is 102 Å². The summed E-state index contributed by atoms with van der Waals surface area (Å²) in [4.78, 5) is 22.8. The van der Waals surface area contributed by atoms with E-state index >= 15 is 0 Å². The van der Waals surface area contributed by atoms with E-state index in [4.69, 9.17) is 0 Å². The highest BCUT2D eigenvalue weighted by Crippen LogP contribution is 2.22. The van der Waals surface area contributed by atoms with Crippen LogP contribution in [0, 0.1) is 0 Å². The first kappa shape index (κ1) is 13.4. The van der Waals surface area contributed by atoms with Gasteiger partial charge in [-0.05, 0) is 16.5 Å². The Morgan fingerprint density at radius 1 is 1.24 bits per heavy atom. The maximum absolute atomic E-state index is 11.1. The highest BCUT2D eigenvalue weighted by atomic mass is 16.2. The van der Waals surface area contributed by atoms with E-state index in [1.165, 1.54) is 10.5 Å². The van der Waals surface area contributed by atoms with E-state index in [1.54, 1.807) is 7.05 Å². The Morgan fingerprint density at radius 3 is 2.18 bits per heavy atom. The van der Waals surface area contributed by atoms with E-state index < -0.39 is 5.91 Å². The van der Waals surface area contributed by atoms with Gasteiger partial charge in [0.05, 0.1) is 0 Å². The number of rotatable bonds is 3. The van der Waals surface area contributed by atoms with Crippen molar-refractivity contribution in [2.45, 2.75) is 32.7 Å². The lowest BCUT2D eigenvalue weighted by atomic mass is 9.87. The molecule has 0 bridgehead atoms. The second-order valence-corrected chi connectivity index (χ2v) is 5.26. The normalized spacial score (nSPS) is 11.1. The molecule has 0 N–H and O–H groups in total. The van der Waals surface area contributed by atoms with Gasteiger partial charge in [-0.15, -0.1) is 0 Å². The quantitative estimate of drug-likeness (QED) is 0.592. The van der Waals surface area contributed by atoms with Crippen molar-refractivity contribution in [1.29, 1.82) is 0 Å². The molecule has 0 heterocycles. The highest BCUT2D eigenvalue weighted by molar-refractivity contribution is 6.23. The summed E-state index contributed by atoms with van der Waals surface area (Å²) in [5, 5.41) is 0. The molecule has 1 rings (SSSR count). The fourth-order valence-electron chi connectivity index (χ4n) is 1.55. The van der Waals surface area contributed by atoms with Crippen LogP contribution in [0.15, 0.2) is 24.3 Å². The van der Waals surface area contributed by atoms with Crippen LogP contribution in [0.2, 0.25) is 0 Å². The maximum Gasteiger partial charge on any atom is 0.286 e. The van der Waals surface area contributed by atoms with Gasteiger partial charge in [0.2, 0.25) is 6.29 Å². The SMILES string of the molecule is CN(Cc1ccc(C(C)(C)C)cc1)C(=O)C=O. The average Bonchev–Trinajstić information content (AvgIpc) is 2.27. The average molecular weight is 233 g/mol. The van der Waals surface area contributed by atoms with Crippen molar-refractivity contribution in [3.8, 4) is 0 Å². The molecule has 0 unspecified atom stereocenters. The second-order valence-electron chi connectivity index (χ2n) is 5.26. The van der Waals surface area contributed by atoms with Crippen molar-refractivity contribution in [2.24, 2.45) is 0 Å². The van der Waals surface area contributed by atoms with Gasteiger partial charge in [0.15, 0.2) is 0 Å². The van der Waals surface area contributed by atoms with Crippen molar-refractivity contribution >= 4 is 12.2 Å². The number of nitrogens with zero attached hydrogens (tertiary/aromatic N) is 1. The van der Waals surface area contributed by atoms with Crippen LogP contribution in [-0.4, -0.2) is 24.1 Å². The lowest BCUT2D eigenvalue weighted by Gasteiger charge is -2.20. The second kappa shape index (κ2) is 5.13. The van der Waals surface area contributed by atoms with E-state index in [2.05, 4.69) is 32.9 Å². The number of carbonyl (C=O) groups is 2. The van der Waals surface area contributed by atoms with Gasteiger partial charge in [0.25, 0.3) is 5.91 Å². The van der Waals surface area contributed by atoms with Crippen LogP contribution in [-0.2, 0) is 21.5 Å².